The van der Waals surface area contributed by atoms with Crippen LogP contribution >= 0.6 is 0 Å². The van der Waals surface area contributed by atoms with Crippen molar-refractivity contribution in [1.82, 2.24) is 4.98 Å². The van der Waals surface area contributed by atoms with Gasteiger partial charge in [0.25, 0.3) is 10.0 Å². The summed E-state index contributed by atoms with van der Waals surface area (Å²) in [4.78, 5) is 3.99. The second-order valence-electron chi connectivity index (χ2n) is 5.38. The predicted octanol–water partition coefficient (Wildman–Crippen LogP) is 2.83. The molecule has 0 aliphatic carbocycles. The molecule has 25 heavy (non-hydrogen) atoms. The van der Waals surface area contributed by atoms with Crippen molar-refractivity contribution < 1.29 is 16.8 Å². The van der Waals surface area contributed by atoms with Crippen LogP contribution in [0.4, 0.5) is 5.82 Å². The Morgan fingerprint density at radius 3 is 2.32 bits per heavy atom. The summed E-state index contributed by atoms with van der Waals surface area (Å²) in [7, 11) is -7.40. The van der Waals surface area contributed by atoms with Gasteiger partial charge >= 0.3 is 0 Å². The molecule has 2 aromatic carbocycles. The van der Waals surface area contributed by atoms with E-state index in [2.05, 4.69) is 9.71 Å². The quantitative estimate of drug-likeness (QED) is 0.739. The van der Waals surface area contributed by atoms with Crippen LogP contribution < -0.4 is 4.72 Å². The maximum atomic E-state index is 12.6. The average Bonchev–Trinajstić information content (AvgIpc) is 2.61. The lowest BCUT2D eigenvalue weighted by Crippen LogP contribution is -2.15. The summed E-state index contributed by atoms with van der Waals surface area (Å²) >= 11 is 0. The number of hydrogen-bond acceptors (Lipinski definition) is 5. The van der Waals surface area contributed by atoms with Crippen LogP contribution in [0.3, 0.4) is 0 Å². The standard InChI is InChI=1S/C17H16N2O4S2/c1-2-24(20,21)17-9-5-8-16(18-17)19-25(22,23)15-11-10-13-6-3-4-7-14(13)12-15/h3-12H,2H2,1H3,(H,18,19). The molecule has 0 amide bonds. The summed E-state index contributed by atoms with van der Waals surface area (Å²) in [6.07, 6.45) is 0. The molecule has 3 aromatic rings. The molecule has 0 saturated heterocycles. The minimum absolute atomic E-state index is 0.0392. The van der Waals surface area contributed by atoms with Gasteiger partial charge in [0.15, 0.2) is 14.9 Å². The number of sulfone groups is 1. The Labute approximate surface area is 146 Å². The topological polar surface area (TPSA) is 93.2 Å². The van der Waals surface area contributed by atoms with Gasteiger partial charge in [0.1, 0.15) is 5.82 Å². The highest BCUT2D eigenvalue weighted by molar-refractivity contribution is 7.92. The van der Waals surface area contributed by atoms with Crippen molar-refractivity contribution in [2.45, 2.75) is 16.8 Å². The highest BCUT2D eigenvalue weighted by Gasteiger charge is 2.18. The van der Waals surface area contributed by atoms with Crippen LogP contribution in [0.5, 0.6) is 0 Å². The van der Waals surface area contributed by atoms with E-state index in [-0.39, 0.29) is 21.5 Å². The maximum absolute atomic E-state index is 12.6. The molecule has 0 saturated carbocycles. The van der Waals surface area contributed by atoms with Gasteiger partial charge in [-0.1, -0.05) is 43.3 Å². The number of nitrogens with zero attached hydrogens (tertiary/aromatic N) is 1. The summed E-state index contributed by atoms with van der Waals surface area (Å²) in [6.45, 7) is 1.50. The Bertz CT molecular complexity index is 1140. The summed E-state index contributed by atoms with van der Waals surface area (Å²) < 4.78 is 51.3. The van der Waals surface area contributed by atoms with Crippen LogP contribution in [-0.4, -0.2) is 27.6 Å². The van der Waals surface area contributed by atoms with Gasteiger partial charge in [0.05, 0.1) is 10.6 Å². The van der Waals surface area contributed by atoms with Crippen molar-refractivity contribution in [3.8, 4) is 0 Å². The van der Waals surface area contributed by atoms with Crippen molar-refractivity contribution in [3.63, 3.8) is 0 Å². The summed E-state index contributed by atoms with van der Waals surface area (Å²) in [5.41, 5.74) is 0. The number of sulfonamides is 1. The molecule has 0 aliphatic heterocycles. The third-order valence-corrected chi connectivity index (χ3v) is 6.67. The van der Waals surface area contributed by atoms with Gasteiger partial charge in [-0.05, 0) is 35.0 Å². The van der Waals surface area contributed by atoms with Crippen LogP contribution in [0.2, 0.25) is 0 Å². The number of fused-ring (bicyclic) bond motifs is 1. The zero-order valence-electron chi connectivity index (χ0n) is 13.4. The first-order chi connectivity index (χ1) is 11.8. The molecule has 0 bridgehead atoms. The zero-order valence-corrected chi connectivity index (χ0v) is 15.0. The van der Waals surface area contributed by atoms with E-state index in [0.29, 0.717) is 0 Å². The van der Waals surface area contributed by atoms with E-state index >= 15 is 0 Å². The lowest BCUT2D eigenvalue weighted by atomic mass is 10.1. The first-order valence-electron chi connectivity index (χ1n) is 7.53. The van der Waals surface area contributed by atoms with Crippen LogP contribution in [0.15, 0.2) is 70.6 Å². The lowest BCUT2D eigenvalue weighted by molar-refractivity contribution is 0.592. The summed E-state index contributed by atoms with van der Waals surface area (Å²) in [6, 6.07) is 16.4. The van der Waals surface area contributed by atoms with Crippen LogP contribution in [-0.2, 0) is 19.9 Å². The molecule has 0 spiro atoms. The molecule has 0 aliphatic rings. The Morgan fingerprint density at radius 1 is 0.880 bits per heavy atom. The highest BCUT2D eigenvalue weighted by Crippen LogP contribution is 2.21. The van der Waals surface area contributed by atoms with E-state index in [9.17, 15) is 16.8 Å². The Kier molecular flexibility index (Phi) is 4.49. The fourth-order valence-corrected chi connectivity index (χ4v) is 4.18. The minimum Gasteiger partial charge on any atom is -0.263 e. The van der Waals surface area contributed by atoms with E-state index in [0.717, 1.165) is 10.8 Å². The van der Waals surface area contributed by atoms with E-state index in [4.69, 9.17) is 0 Å². The SMILES string of the molecule is CCS(=O)(=O)c1cccc(NS(=O)(=O)c2ccc3ccccc3c2)n1. The number of anilines is 1. The van der Waals surface area contributed by atoms with Crippen LogP contribution in [0, 0.1) is 0 Å². The molecular weight excluding hydrogens is 360 g/mol. The third kappa shape index (κ3) is 3.64. The van der Waals surface area contributed by atoms with Crippen molar-refractivity contribution in [2.24, 2.45) is 0 Å². The molecule has 8 heteroatoms. The van der Waals surface area contributed by atoms with Crippen LogP contribution in [0.1, 0.15) is 6.92 Å². The summed E-state index contributed by atoms with van der Waals surface area (Å²) in [5.74, 6) is -0.149. The van der Waals surface area contributed by atoms with E-state index in [1.807, 2.05) is 24.3 Å². The van der Waals surface area contributed by atoms with Gasteiger partial charge in [-0.25, -0.2) is 21.8 Å². The van der Waals surface area contributed by atoms with Crippen molar-refractivity contribution in [2.75, 3.05) is 10.5 Å². The second kappa shape index (κ2) is 6.45. The predicted molar refractivity (Wildman–Crippen MR) is 96.7 cm³/mol. The van der Waals surface area contributed by atoms with E-state index in [1.165, 1.54) is 31.2 Å². The number of rotatable bonds is 5. The number of benzene rings is 2. The monoisotopic (exact) mass is 376 g/mol. The van der Waals surface area contributed by atoms with E-state index < -0.39 is 19.9 Å². The molecule has 130 valence electrons. The highest BCUT2D eigenvalue weighted by atomic mass is 32.2. The molecule has 6 nitrogen and oxygen atoms in total. The Morgan fingerprint density at radius 2 is 1.60 bits per heavy atom. The fraction of sp³-hybridized carbons (Fsp3) is 0.118. The van der Waals surface area contributed by atoms with Gasteiger partial charge in [0, 0.05) is 0 Å². The molecule has 1 heterocycles. The van der Waals surface area contributed by atoms with Crippen molar-refractivity contribution in [3.05, 3.63) is 60.7 Å². The Balaban J connectivity index is 1.97. The smallest absolute Gasteiger partial charge is 0.263 e. The molecule has 1 aromatic heterocycles. The third-order valence-electron chi connectivity index (χ3n) is 3.69. The molecule has 0 atom stereocenters. The second-order valence-corrected chi connectivity index (χ2v) is 9.29. The minimum atomic E-state index is -3.88. The molecule has 3 rings (SSSR count). The normalized spacial score (nSPS) is 12.2. The number of aromatic nitrogens is 1. The number of pyridine rings is 1. The first-order valence-corrected chi connectivity index (χ1v) is 10.7. The summed E-state index contributed by atoms with van der Waals surface area (Å²) in [5, 5.41) is 1.56. The van der Waals surface area contributed by atoms with Crippen molar-refractivity contribution >= 4 is 36.5 Å². The molecule has 1 N–H and O–H groups in total. The number of hydrogen-bond donors (Lipinski definition) is 1. The van der Waals surface area contributed by atoms with Gasteiger partial charge < -0.3 is 0 Å². The molecular formula is C17H16N2O4S2. The molecule has 0 fully saturated rings. The van der Waals surface area contributed by atoms with E-state index in [1.54, 1.807) is 12.1 Å². The molecule has 0 radical (unpaired) electrons. The maximum Gasteiger partial charge on any atom is 0.263 e. The van der Waals surface area contributed by atoms with Crippen LogP contribution in [0.25, 0.3) is 10.8 Å². The largest absolute Gasteiger partial charge is 0.263 e. The lowest BCUT2D eigenvalue weighted by Gasteiger charge is -2.09. The van der Waals surface area contributed by atoms with Gasteiger partial charge in [-0.15, -0.1) is 0 Å². The van der Waals surface area contributed by atoms with Gasteiger partial charge in [-0.2, -0.15) is 0 Å². The first kappa shape index (κ1) is 17.4. The Hall–Kier alpha value is -2.45. The fourth-order valence-electron chi connectivity index (χ4n) is 2.32. The van der Waals surface area contributed by atoms with Crippen molar-refractivity contribution in [1.29, 1.82) is 0 Å². The molecule has 0 unspecified atom stereocenters. The average molecular weight is 376 g/mol. The zero-order chi connectivity index (χ0) is 18.1. The van der Waals surface area contributed by atoms with Gasteiger partial charge in [0.2, 0.25) is 0 Å². The number of nitrogens with one attached hydrogen (secondary N) is 1. The van der Waals surface area contributed by atoms with Gasteiger partial charge in [-0.3, -0.25) is 4.72 Å².